The normalized spacial score (nSPS) is 20.2. The van der Waals surface area contributed by atoms with Crippen molar-refractivity contribution < 1.29 is 34.8 Å². The predicted octanol–water partition coefficient (Wildman–Crippen LogP) is 3.43. The highest BCUT2D eigenvalue weighted by molar-refractivity contribution is 7.94. The van der Waals surface area contributed by atoms with Crippen LogP contribution in [0.15, 0.2) is 18.2 Å². The van der Waals surface area contributed by atoms with E-state index >= 15 is 0 Å². The Kier molecular flexibility index (Phi) is 5.35. The molecule has 32 heavy (non-hydrogen) atoms. The van der Waals surface area contributed by atoms with Crippen LogP contribution >= 0.6 is 0 Å². The summed E-state index contributed by atoms with van der Waals surface area (Å²) < 4.78 is 108. The van der Waals surface area contributed by atoms with E-state index in [2.05, 4.69) is 20.8 Å². The first-order valence-corrected chi connectivity index (χ1v) is 10.8. The molecule has 1 aromatic heterocycles. The minimum absolute atomic E-state index is 0.287. The molecule has 15 heteroatoms. The van der Waals surface area contributed by atoms with Crippen LogP contribution in [-0.4, -0.2) is 37.7 Å². The first-order valence-electron chi connectivity index (χ1n) is 9.32. The Bertz CT molecular complexity index is 1150. The van der Waals surface area contributed by atoms with Crippen LogP contribution < -0.4 is 20.1 Å². The van der Waals surface area contributed by atoms with Crippen LogP contribution in [0.5, 0.6) is 0 Å². The molecule has 2 aliphatic rings. The zero-order chi connectivity index (χ0) is 23.3. The van der Waals surface area contributed by atoms with E-state index in [-0.39, 0.29) is 11.6 Å². The molecule has 1 saturated heterocycles. The van der Waals surface area contributed by atoms with Crippen molar-refractivity contribution in [2.24, 2.45) is 0 Å². The summed E-state index contributed by atoms with van der Waals surface area (Å²) in [6.45, 7) is 1.18. The Hall–Kier alpha value is -2.81. The number of hydrogen-bond donors (Lipinski definition) is 4. The van der Waals surface area contributed by atoms with Gasteiger partial charge in [-0.25, -0.2) is 0 Å². The van der Waals surface area contributed by atoms with Crippen LogP contribution in [0.2, 0.25) is 0 Å². The summed E-state index contributed by atoms with van der Waals surface area (Å²) in [6, 6.07) is 1.73. The minimum Gasteiger partial charge on any atom is -0.364 e. The topological polar surface area (TPSA) is 108 Å². The summed E-state index contributed by atoms with van der Waals surface area (Å²) in [6.07, 6.45) is -8.37. The van der Waals surface area contributed by atoms with Gasteiger partial charge in [-0.2, -0.15) is 34.8 Å². The van der Waals surface area contributed by atoms with Crippen molar-refractivity contribution in [1.29, 1.82) is 0 Å². The molecule has 0 spiro atoms. The van der Waals surface area contributed by atoms with Crippen LogP contribution in [-0.2, 0) is 22.6 Å². The highest BCUT2D eigenvalue weighted by atomic mass is 32.2. The van der Waals surface area contributed by atoms with Gasteiger partial charge in [-0.15, -0.1) is 10.2 Å². The number of anilines is 3. The quantitative estimate of drug-likeness (QED) is 0.500. The molecule has 174 valence electrons. The number of aromatic nitrogens is 2. The lowest BCUT2D eigenvalue weighted by atomic mass is 10.0. The number of piperidine rings is 1. The van der Waals surface area contributed by atoms with Gasteiger partial charge in [-0.05, 0) is 37.6 Å². The highest BCUT2D eigenvalue weighted by Crippen LogP contribution is 2.47. The molecule has 0 bridgehead atoms. The van der Waals surface area contributed by atoms with Crippen LogP contribution in [0.3, 0.4) is 0 Å². The Morgan fingerprint density at radius 3 is 2.28 bits per heavy atom. The Morgan fingerprint density at radius 1 is 0.969 bits per heavy atom. The third-order valence-corrected chi connectivity index (χ3v) is 5.94. The lowest BCUT2D eigenvalue weighted by Gasteiger charge is -2.25. The zero-order valence-electron chi connectivity index (χ0n) is 16.0. The van der Waals surface area contributed by atoms with Gasteiger partial charge in [0.1, 0.15) is 5.56 Å². The van der Waals surface area contributed by atoms with E-state index < -0.39 is 56.6 Å². The fourth-order valence-corrected chi connectivity index (χ4v) is 4.59. The fourth-order valence-electron chi connectivity index (χ4n) is 3.57. The van der Waals surface area contributed by atoms with Gasteiger partial charge >= 0.3 is 22.6 Å². The molecule has 1 atom stereocenters. The number of rotatable bonds is 3. The zero-order valence-corrected chi connectivity index (χ0v) is 16.8. The van der Waals surface area contributed by atoms with Crippen molar-refractivity contribution in [1.82, 2.24) is 15.5 Å². The second-order valence-corrected chi connectivity index (χ2v) is 8.71. The molecule has 4 N–H and O–H groups in total. The monoisotopic (exact) mass is 482 g/mol. The van der Waals surface area contributed by atoms with E-state index in [4.69, 9.17) is 0 Å². The van der Waals surface area contributed by atoms with E-state index in [1.807, 2.05) is 4.72 Å². The molecule has 1 unspecified atom stereocenters. The van der Waals surface area contributed by atoms with E-state index in [0.29, 0.717) is 25.1 Å². The molecular formula is C17H16F6N6O2S. The Morgan fingerprint density at radius 2 is 1.66 bits per heavy atom. The first-order chi connectivity index (χ1) is 14.9. The highest BCUT2D eigenvalue weighted by Gasteiger charge is 2.41. The van der Waals surface area contributed by atoms with Crippen molar-refractivity contribution in [3.63, 3.8) is 0 Å². The van der Waals surface area contributed by atoms with Crippen LogP contribution in [0.25, 0.3) is 11.3 Å². The maximum Gasteiger partial charge on any atom is 0.420 e. The van der Waals surface area contributed by atoms with Crippen molar-refractivity contribution in [3.8, 4) is 11.3 Å². The maximum absolute atomic E-state index is 13.7. The number of nitrogens with one attached hydrogen (secondary N) is 4. The van der Waals surface area contributed by atoms with Crippen LogP contribution in [0, 0.1) is 0 Å². The molecule has 0 amide bonds. The number of hydrogen-bond acceptors (Lipinski definition) is 6. The fraction of sp³-hybridized carbons (Fsp3) is 0.412. The van der Waals surface area contributed by atoms with Gasteiger partial charge in [0.05, 0.1) is 22.6 Å². The maximum atomic E-state index is 13.7. The van der Waals surface area contributed by atoms with Crippen molar-refractivity contribution in [3.05, 3.63) is 29.3 Å². The molecule has 1 fully saturated rings. The summed E-state index contributed by atoms with van der Waals surface area (Å²) in [5.41, 5.74) is -4.57. The molecule has 2 aromatic rings. The van der Waals surface area contributed by atoms with E-state index in [1.165, 1.54) is 0 Å². The molecule has 0 radical (unpaired) electrons. The number of benzene rings is 1. The lowest BCUT2D eigenvalue weighted by molar-refractivity contribution is -0.137. The smallest absolute Gasteiger partial charge is 0.364 e. The molecule has 1 aromatic carbocycles. The lowest BCUT2D eigenvalue weighted by Crippen LogP contribution is -2.39. The standard InChI is InChI=1S/C17H16F6N6O2S/c18-16(19,20)10-4-3-9(13-14(10)29-32(30,31)28-13)12-6-11(17(21,22)23)15(27-26-12)25-8-2-1-5-24-7-8/h3-4,6,8,24,28-29H,1-2,5,7H2,(H,25,27). The largest absolute Gasteiger partial charge is 0.420 e. The van der Waals surface area contributed by atoms with Gasteiger partial charge in [0, 0.05) is 18.2 Å². The summed E-state index contributed by atoms with van der Waals surface area (Å²) >= 11 is 0. The van der Waals surface area contributed by atoms with E-state index in [9.17, 15) is 34.8 Å². The third kappa shape index (κ3) is 4.39. The van der Waals surface area contributed by atoms with Crippen molar-refractivity contribution in [2.75, 3.05) is 27.9 Å². The van der Waals surface area contributed by atoms with Gasteiger partial charge in [0.2, 0.25) is 0 Å². The number of fused-ring (bicyclic) bond motifs is 1. The Balaban J connectivity index is 1.80. The molecule has 4 rings (SSSR count). The average Bonchev–Trinajstić information content (AvgIpc) is 3.01. The molecule has 8 nitrogen and oxygen atoms in total. The predicted molar refractivity (Wildman–Crippen MR) is 103 cm³/mol. The average molecular weight is 482 g/mol. The third-order valence-electron chi connectivity index (χ3n) is 5.00. The molecular weight excluding hydrogens is 466 g/mol. The van der Waals surface area contributed by atoms with Crippen LogP contribution in [0.4, 0.5) is 43.5 Å². The van der Waals surface area contributed by atoms with Crippen molar-refractivity contribution >= 4 is 27.4 Å². The summed E-state index contributed by atoms with van der Waals surface area (Å²) in [5.74, 6) is -0.516. The molecule has 2 aliphatic heterocycles. The number of halogens is 6. The van der Waals surface area contributed by atoms with Gasteiger partial charge in [-0.1, -0.05) is 0 Å². The van der Waals surface area contributed by atoms with Gasteiger partial charge in [-0.3, -0.25) is 9.44 Å². The minimum atomic E-state index is -4.90. The van der Waals surface area contributed by atoms with Gasteiger partial charge in [0.15, 0.2) is 5.82 Å². The number of nitrogens with zero attached hydrogens (tertiary/aromatic N) is 2. The first kappa shape index (κ1) is 22.4. The second-order valence-electron chi connectivity index (χ2n) is 7.29. The number of alkyl halides is 6. The summed E-state index contributed by atoms with van der Waals surface area (Å²) in [4.78, 5) is 0. The SMILES string of the molecule is O=S1(=O)Nc2c(-c3cc(C(F)(F)F)c(NC4CCCNC4)nn3)ccc(C(F)(F)F)c2N1. The van der Waals surface area contributed by atoms with Crippen molar-refractivity contribution in [2.45, 2.75) is 31.2 Å². The summed E-state index contributed by atoms with van der Waals surface area (Å²) in [5, 5.41) is 13.1. The van der Waals surface area contributed by atoms with E-state index in [0.717, 1.165) is 19.0 Å². The van der Waals surface area contributed by atoms with Gasteiger partial charge < -0.3 is 10.6 Å². The Labute approximate surface area is 178 Å². The van der Waals surface area contributed by atoms with E-state index in [1.54, 1.807) is 4.72 Å². The molecule has 3 heterocycles. The second kappa shape index (κ2) is 7.65. The van der Waals surface area contributed by atoms with Gasteiger partial charge in [0.25, 0.3) is 0 Å². The molecule has 0 saturated carbocycles. The molecule has 0 aliphatic carbocycles. The summed E-state index contributed by atoms with van der Waals surface area (Å²) in [7, 11) is -4.37. The van der Waals surface area contributed by atoms with Crippen LogP contribution in [0.1, 0.15) is 24.0 Å².